The first kappa shape index (κ1) is 24.8. The maximum atomic E-state index is 13.8. The molecule has 1 aliphatic rings. The zero-order chi connectivity index (χ0) is 23.8. The van der Waals surface area contributed by atoms with Gasteiger partial charge >= 0.3 is 0 Å². The number of nitrogens with zero attached hydrogens (tertiary/aromatic N) is 3. The average Bonchev–Trinajstić information content (AvgIpc) is 2.74. The summed E-state index contributed by atoms with van der Waals surface area (Å²) in [6, 6.07) is 3.21. The number of hydrogen-bond donors (Lipinski definition) is 5. The van der Waals surface area contributed by atoms with Crippen LogP contribution in [0.15, 0.2) is 36.2 Å². The third kappa shape index (κ3) is 6.05. The van der Waals surface area contributed by atoms with Crippen molar-refractivity contribution in [3.63, 3.8) is 0 Å². The number of carbonyl (C=O) groups excluding carboxylic acids is 1. The summed E-state index contributed by atoms with van der Waals surface area (Å²) >= 11 is 0. The maximum absolute atomic E-state index is 13.8. The van der Waals surface area contributed by atoms with Gasteiger partial charge in [-0.1, -0.05) is 25.5 Å². The highest BCUT2D eigenvalue weighted by molar-refractivity contribution is 6.04. The summed E-state index contributed by atoms with van der Waals surface area (Å²) in [6.07, 6.45) is 3.59. The van der Waals surface area contributed by atoms with Crippen molar-refractivity contribution in [2.75, 3.05) is 25.5 Å². The predicted molar refractivity (Wildman–Crippen MR) is 122 cm³/mol. The fourth-order valence-corrected chi connectivity index (χ4v) is 3.31. The van der Waals surface area contributed by atoms with Crippen molar-refractivity contribution < 1.29 is 15.0 Å². The molecule has 11 heteroatoms. The summed E-state index contributed by atoms with van der Waals surface area (Å²) in [4.78, 5) is 22.5. The lowest BCUT2D eigenvalue weighted by Crippen LogP contribution is -2.41. The first-order valence-corrected chi connectivity index (χ1v) is 9.95. The molecule has 0 saturated carbocycles. The molecule has 0 bridgehead atoms. The summed E-state index contributed by atoms with van der Waals surface area (Å²) < 4.78 is 27.5. The van der Waals surface area contributed by atoms with Crippen LogP contribution >= 0.6 is 0 Å². The van der Waals surface area contributed by atoms with E-state index in [2.05, 4.69) is 40.4 Å². The van der Waals surface area contributed by atoms with Crippen molar-refractivity contribution in [1.82, 2.24) is 20.3 Å². The molecule has 9 nitrogen and oxygen atoms in total. The summed E-state index contributed by atoms with van der Waals surface area (Å²) in [7, 11) is 1.65. The molecule has 0 atom stereocenters. The van der Waals surface area contributed by atoms with Gasteiger partial charge in [-0.15, -0.1) is 0 Å². The van der Waals surface area contributed by atoms with Crippen LogP contribution in [0.1, 0.15) is 37.7 Å². The molecule has 2 heterocycles. The van der Waals surface area contributed by atoms with Crippen LogP contribution < -0.4 is 22.3 Å². The molecule has 1 aromatic heterocycles. The molecule has 7 N–H and O–H groups in total. The number of anilines is 1. The van der Waals surface area contributed by atoms with Gasteiger partial charge in [-0.05, 0) is 37.1 Å². The summed E-state index contributed by atoms with van der Waals surface area (Å²) in [6.45, 7) is 5.29. The number of nitrogens with one attached hydrogen (secondary N) is 3. The Balaban J connectivity index is 0.00000129. The van der Waals surface area contributed by atoms with Gasteiger partial charge in [0.05, 0.1) is 18.1 Å². The van der Waals surface area contributed by atoms with Crippen LogP contribution in [0, 0.1) is 23.0 Å². The number of halogens is 2. The topological polar surface area (TPSA) is 146 Å². The number of amides is 1. The second kappa shape index (κ2) is 11.3. The number of rotatable bonds is 4. The molecule has 0 aliphatic carbocycles. The molecule has 32 heavy (non-hydrogen) atoms. The van der Waals surface area contributed by atoms with Gasteiger partial charge in [0.2, 0.25) is 0 Å². The van der Waals surface area contributed by atoms with Crippen LogP contribution in [0.4, 0.5) is 14.6 Å². The predicted octanol–water partition coefficient (Wildman–Crippen LogP) is 2.34. The average molecular weight is 449 g/mol. The third-order valence-electron chi connectivity index (χ3n) is 4.82. The largest absolute Gasteiger partial charge is 0.370 e. The molecule has 1 amide bonds. The van der Waals surface area contributed by atoms with Crippen molar-refractivity contribution >= 4 is 23.3 Å². The number of nitrogens with two attached hydrogens (primary N) is 2. The van der Waals surface area contributed by atoms with E-state index < -0.39 is 23.1 Å². The SMILES string of the molecule is CC(C)C1=C(c2cnc(NC(=O)c3c(F)cccc3F)cn2)CN(C(=N)N)CC1.CNN.[HH]. The zero-order valence-corrected chi connectivity index (χ0v) is 18.2. The molecular formula is C21H30F2N8O. The first-order chi connectivity index (χ1) is 15.2. The van der Waals surface area contributed by atoms with E-state index in [1.807, 2.05) is 0 Å². The highest BCUT2D eigenvalue weighted by atomic mass is 19.1. The smallest absolute Gasteiger partial charge is 0.262 e. The van der Waals surface area contributed by atoms with Crippen molar-refractivity contribution in [2.24, 2.45) is 17.5 Å². The molecule has 1 aromatic carbocycles. The van der Waals surface area contributed by atoms with Crippen molar-refractivity contribution in [2.45, 2.75) is 20.3 Å². The fraction of sp³-hybridized carbons (Fsp3) is 0.333. The van der Waals surface area contributed by atoms with E-state index >= 15 is 0 Å². The molecule has 0 radical (unpaired) electrons. The molecule has 0 fully saturated rings. The lowest BCUT2D eigenvalue weighted by atomic mass is 9.89. The Labute approximate surface area is 186 Å². The third-order valence-corrected chi connectivity index (χ3v) is 4.82. The molecule has 0 spiro atoms. The Morgan fingerprint density at radius 1 is 1.25 bits per heavy atom. The van der Waals surface area contributed by atoms with Gasteiger partial charge in [-0.25, -0.2) is 13.8 Å². The fourth-order valence-electron chi connectivity index (χ4n) is 3.31. The van der Waals surface area contributed by atoms with Gasteiger partial charge in [-0.2, -0.15) is 0 Å². The van der Waals surface area contributed by atoms with E-state index in [4.69, 9.17) is 11.1 Å². The van der Waals surface area contributed by atoms with Crippen LogP contribution in [0.2, 0.25) is 0 Å². The number of hydrogen-bond acceptors (Lipinski definition) is 6. The van der Waals surface area contributed by atoms with Gasteiger partial charge in [0.1, 0.15) is 17.2 Å². The second-order valence-electron chi connectivity index (χ2n) is 7.34. The summed E-state index contributed by atoms with van der Waals surface area (Å²) in [5.41, 5.74) is 9.96. The number of guanidine groups is 1. The van der Waals surface area contributed by atoms with Crippen LogP contribution in [-0.2, 0) is 0 Å². The standard InChI is InChI=1S/C20H22F2N6O.CH6N2.H2/c1-11(2)12-6-7-28(20(23)24)10-13(12)16-8-26-17(9-25-16)27-19(29)18-14(21)4-3-5-15(18)22;1-3-2;/h3-5,8-9,11H,6-7,10H2,1-2H3,(H3,23,24)(H,26,27,29);3H,2H2,1H3;1H. The number of benzene rings is 1. The second-order valence-corrected chi connectivity index (χ2v) is 7.34. The van der Waals surface area contributed by atoms with Crippen molar-refractivity contribution in [1.29, 1.82) is 5.41 Å². The maximum Gasteiger partial charge on any atom is 0.262 e. The quantitative estimate of drug-likeness (QED) is 0.209. The van der Waals surface area contributed by atoms with Gasteiger partial charge in [0, 0.05) is 14.5 Å². The molecule has 174 valence electrons. The number of carbonyl (C=O) groups is 1. The molecule has 3 rings (SSSR count). The minimum atomic E-state index is -0.953. The van der Waals surface area contributed by atoms with E-state index in [1.165, 1.54) is 24.0 Å². The Hall–Kier alpha value is -3.44. The van der Waals surface area contributed by atoms with E-state index in [-0.39, 0.29) is 13.2 Å². The Morgan fingerprint density at radius 2 is 1.88 bits per heavy atom. The molecule has 2 aromatic rings. The highest BCUT2D eigenvalue weighted by Gasteiger charge is 2.24. The number of aromatic nitrogens is 2. The minimum Gasteiger partial charge on any atom is -0.370 e. The Bertz CT molecular complexity index is 978. The van der Waals surface area contributed by atoms with Crippen LogP contribution in [0.3, 0.4) is 0 Å². The van der Waals surface area contributed by atoms with Gasteiger partial charge in [-0.3, -0.25) is 26.5 Å². The lowest BCUT2D eigenvalue weighted by molar-refractivity contribution is 0.101. The summed E-state index contributed by atoms with van der Waals surface area (Å²) in [5, 5.41) is 10.0. The Morgan fingerprint density at radius 3 is 2.38 bits per heavy atom. The van der Waals surface area contributed by atoms with Gasteiger partial charge in [0.15, 0.2) is 11.8 Å². The van der Waals surface area contributed by atoms with Crippen LogP contribution in [-0.4, -0.2) is 46.9 Å². The minimum absolute atomic E-state index is 0. The van der Waals surface area contributed by atoms with E-state index in [1.54, 1.807) is 11.9 Å². The monoisotopic (exact) mass is 448 g/mol. The lowest BCUT2D eigenvalue weighted by Gasteiger charge is -2.32. The normalized spacial score (nSPS) is 13.5. The summed E-state index contributed by atoms with van der Waals surface area (Å²) in [5.74, 6) is 2.12. The Kier molecular flexibility index (Phi) is 8.73. The highest BCUT2D eigenvalue weighted by Crippen LogP contribution is 2.30. The molecule has 0 saturated heterocycles. The van der Waals surface area contributed by atoms with E-state index in [0.717, 1.165) is 24.1 Å². The van der Waals surface area contributed by atoms with E-state index in [9.17, 15) is 13.6 Å². The van der Waals surface area contributed by atoms with Crippen LogP contribution in [0.5, 0.6) is 0 Å². The zero-order valence-electron chi connectivity index (χ0n) is 18.2. The van der Waals surface area contributed by atoms with Gasteiger partial charge in [0.25, 0.3) is 5.91 Å². The van der Waals surface area contributed by atoms with E-state index in [0.29, 0.717) is 24.7 Å². The molecular weight excluding hydrogens is 418 g/mol. The first-order valence-electron chi connectivity index (χ1n) is 9.95. The van der Waals surface area contributed by atoms with Crippen LogP contribution in [0.25, 0.3) is 5.57 Å². The van der Waals surface area contributed by atoms with Gasteiger partial charge < -0.3 is 16.0 Å². The molecule has 0 unspecified atom stereocenters. The number of hydrazine groups is 1. The molecule has 1 aliphatic heterocycles. The van der Waals surface area contributed by atoms with Crippen molar-refractivity contribution in [3.8, 4) is 0 Å². The van der Waals surface area contributed by atoms with Crippen molar-refractivity contribution in [3.05, 3.63) is 59.1 Å².